The van der Waals surface area contributed by atoms with Crippen LogP contribution in [-0.4, -0.2) is 16.7 Å². The molecule has 0 fully saturated rings. The molecule has 4 nitrogen and oxygen atoms in total. The van der Waals surface area contributed by atoms with E-state index in [4.69, 9.17) is 10.5 Å². The molecule has 5 heteroatoms. The first-order chi connectivity index (χ1) is 10.2. The number of nitrogens with two attached hydrogens (primary N) is 1. The number of fused-ring (bicyclic) bond motifs is 1. The summed E-state index contributed by atoms with van der Waals surface area (Å²) in [6.45, 7) is 0.449. The highest BCUT2D eigenvalue weighted by atomic mass is 19.1. The number of rotatable bonds is 3. The van der Waals surface area contributed by atoms with Gasteiger partial charge in [0.2, 0.25) is 0 Å². The van der Waals surface area contributed by atoms with E-state index >= 15 is 0 Å². The van der Waals surface area contributed by atoms with Crippen molar-refractivity contribution in [2.24, 2.45) is 12.8 Å². The van der Waals surface area contributed by atoms with E-state index in [-0.39, 0.29) is 5.82 Å². The minimum Gasteiger partial charge on any atom is -0.496 e. The fourth-order valence-corrected chi connectivity index (χ4v) is 2.49. The zero-order chi connectivity index (χ0) is 15.0. The molecular formula is C16H16FN3O. The third-order valence-corrected chi connectivity index (χ3v) is 3.60. The lowest BCUT2D eigenvalue weighted by molar-refractivity contribution is 0.413. The standard InChI is InChI=1S/C16H16FN3O/c1-20-13-7-6-10(9-18)8-12(13)19-16(20)15-11(17)4-3-5-14(15)21-2/h3-8H,9,18H2,1-2H3. The molecule has 0 bridgehead atoms. The van der Waals surface area contributed by atoms with E-state index in [2.05, 4.69) is 4.98 Å². The molecule has 1 aromatic heterocycles. The summed E-state index contributed by atoms with van der Waals surface area (Å²) in [6.07, 6.45) is 0. The number of imidazole rings is 1. The highest BCUT2D eigenvalue weighted by molar-refractivity contribution is 5.82. The second-order valence-corrected chi connectivity index (χ2v) is 4.84. The molecule has 2 aromatic carbocycles. The lowest BCUT2D eigenvalue weighted by atomic mass is 10.1. The molecule has 0 unspecified atom stereocenters. The zero-order valence-electron chi connectivity index (χ0n) is 11.9. The number of halogens is 1. The predicted octanol–water partition coefficient (Wildman–Crippen LogP) is 2.85. The van der Waals surface area contributed by atoms with Crippen molar-refractivity contribution in [1.82, 2.24) is 9.55 Å². The van der Waals surface area contributed by atoms with Crippen LogP contribution >= 0.6 is 0 Å². The second kappa shape index (κ2) is 5.18. The Morgan fingerprint density at radius 2 is 2.10 bits per heavy atom. The van der Waals surface area contributed by atoms with Gasteiger partial charge in [-0.2, -0.15) is 0 Å². The van der Waals surface area contributed by atoms with Gasteiger partial charge in [0.05, 0.1) is 23.7 Å². The van der Waals surface area contributed by atoms with Gasteiger partial charge in [-0.15, -0.1) is 0 Å². The van der Waals surface area contributed by atoms with Crippen LogP contribution < -0.4 is 10.5 Å². The van der Waals surface area contributed by atoms with Crippen LogP contribution in [0.15, 0.2) is 36.4 Å². The van der Waals surface area contributed by atoms with Crippen molar-refractivity contribution in [3.63, 3.8) is 0 Å². The number of aromatic nitrogens is 2. The summed E-state index contributed by atoms with van der Waals surface area (Å²) in [5.41, 5.74) is 8.73. The van der Waals surface area contributed by atoms with Crippen LogP contribution in [0.2, 0.25) is 0 Å². The van der Waals surface area contributed by atoms with Crippen LogP contribution in [0.25, 0.3) is 22.4 Å². The topological polar surface area (TPSA) is 53.1 Å². The van der Waals surface area contributed by atoms with Gasteiger partial charge in [-0.05, 0) is 29.8 Å². The molecule has 0 amide bonds. The van der Waals surface area contributed by atoms with Gasteiger partial charge in [0.25, 0.3) is 0 Å². The molecule has 0 radical (unpaired) electrons. The minimum absolute atomic E-state index is 0.355. The molecule has 21 heavy (non-hydrogen) atoms. The molecule has 1 heterocycles. The van der Waals surface area contributed by atoms with Gasteiger partial charge in [-0.1, -0.05) is 12.1 Å². The molecule has 0 spiro atoms. The van der Waals surface area contributed by atoms with E-state index in [1.54, 1.807) is 12.1 Å². The first-order valence-corrected chi connectivity index (χ1v) is 6.64. The van der Waals surface area contributed by atoms with Crippen molar-refractivity contribution < 1.29 is 9.13 Å². The van der Waals surface area contributed by atoms with Crippen molar-refractivity contribution >= 4 is 11.0 Å². The summed E-state index contributed by atoms with van der Waals surface area (Å²) in [6, 6.07) is 10.6. The molecule has 0 aliphatic heterocycles. The van der Waals surface area contributed by atoms with Crippen molar-refractivity contribution in [2.45, 2.75) is 6.54 Å². The van der Waals surface area contributed by atoms with E-state index in [0.717, 1.165) is 16.6 Å². The fraction of sp³-hybridized carbons (Fsp3) is 0.188. The van der Waals surface area contributed by atoms with E-state index < -0.39 is 0 Å². The maximum atomic E-state index is 14.2. The molecule has 3 rings (SSSR count). The van der Waals surface area contributed by atoms with Crippen LogP contribution in [0.5, 0.6) is 5.75 Å². The van der Waals surface area contributed by atoms with Gasteiger partial charge in [-0.25, -0.2) is 9.37 Å². The predicted molar refractivity (Wildman–Crippen MR) is 80.6 cm³/mol. The molecule has 0 aliphatic rings. The van der Waals surface area contributed by atoms with E-state index in [1.807, 2.05) is 29.8 Å². The summed E-state index contributed by atoms with van der Waals surface area (Å²) >= 11 is 0. The number of nitrogens with zero attached hydrogens (tertiary/aromatic N) is 2. The normalized spacial score (nSPS) is 11.0. The smallest absolute Gasteiger partial charge is 0.147 e. The van der Waals surface area contributed by atoms with Crippen LogP contribution in [0.3, 0.4) is 0 Å². The third-order valence-electron chi connectivity index (χ3n) is 3.60. The van der Waals surface area contributed by atoms with Gasteiger partial charge >= 0.3 is 0 Å². The Morgan fingerprint density at radius 1 is 1.29 bits per heavy atom. The van der Waals surface area contributed by atoms with E-state index in [0.29, 0.717) is 23.7 Å². The number of hydrogen-bond donors (Lipinski definition) is 1. The van der Waals surface area contributed by atoms with Crippen molar-refractivity contribution in [3.8, 4) is 17.1 Å². The van der Waals surface area contributed by atoms with Crippen LogP contribution in [-0.2, 0) is 13.6 Å². The molecule has 0 atom stereocenters. The fourth-order valence-electron chi connectivity index (χ4n) is 2.49. The monoisotopic (exact) mass is 285 g/mol. The Labute approximate surface area is 122 Å². The largest absolute Gasteiger partial charge is 0.496 e. The molecule has 3 aromatic rings. The summed E-state index contributed by atoms with van der Waals surface area (Å²) < 4.78 is 21.3. The van der Waals surface area contributed by atoms with Gasteiger partial charge < -0.3 is 15.0 Å². The Kier molecular flexibility index (Phi) is 3.35. The Morgan fingerprint density at radius 3 is 2.81 bits per heavy atom. The lowest BCUT2D eigenvalue weighted by Crippen LogP contribution is -1.98. The van der Waals surface area contributed by atoms with Gasteiger partial charge in [0.15, 0.2) is 0 Å². The number of ether oxygens (including phenoxy) is 1. The first kappa shape index (κ1) is 13.6. The molecular weight excluding hydrogens is 269 g/mol. The van der Waals surface area contributed by atoms with Gasteiger partial charge in [0.1, 0.15) is 17.4 Å². The minimum atomic E-state index is -0.355. The van der Waals surface area contributed by atoms with Crippen LogP contribution in [0, 0.1) is 5.82 Å². The third kappa shape index (κ3) is 2.15. The molecule has 108 valence electrons. The Hall–Kier alpha value is -2.40. The maximum Gasteiger partial charge on any atom is 0.147 e. The van der Waals surface area contributed by atoms with Crippen molar-refractivity contribution in [2.75, 3.05) is 7.11 Å². The molecule has 2 N–H and O–H groups in total. The van der Waals surface area contributed by atoms with Gasteiger partial charge in [-0.3, -0.25) is 0 Å². The lowest BCUT2D eigenvalue weighted by Gasteiger charge is -2.09. The summed E-state index contributed by atoms with van der Waals surface area (Å²) in [5, 5.41) is 0. The zero-order valence-corrected chi connectivity index (χ0v) is 11.9. The number of benzene rings is 2. The number of aryl methyl sites for hydroxylation is 1. The summed E-state index contributed by atoms with van der Waals surface area (Å²) in [5.74, 6) is 0.647. The summed E-state index contributed by atoms with van der Waals surface area (Å²) in [7, 11) is 3.38. The summed E-state index contributed by atoms with van der Waals surface area (Å²) in [4.78, 5) is 4.55. The molecule has 0 saturated heterocycles. The average molecular weight is 285 g/mol. The highest BCUT2D eigenvalue weighted by Crippen LogP contribution is 2.33. The molecule has 0 aliphatic carbocycles. The second-order valence-electron chi connectivity index (χ2n) is 4.84. The Balaban J connectivity index is 2.28. The van der Waals surface area contributed by atoms with Gasteiger partial charge in [0, 0.05) is 13.6 Å². The van der Waals surface area contributed by atoms with Crippen LogP contribution in [0.1, 0.15) is 5.56 Å². The van der Waals surface area contributed by atoms with Crippen molar-refractivity contribution in [1.29, 1.82) is 0 Å². The highest BCUT2D eigenvalue weighted by Gasteiger charge is 2.18. The number of methoxy groups -OCH3 is 1. The van der Waals surface area contributed by atoms with Crippen LogP contribution in [0.4, 0.5) is 4.39 Å². The van der Waals surface area contributed by atoms with E-state index in [1.165, 1.54) is 13.2 Å². The SMILES string of the molecule is COc1cccc(F)c1-c1nc2cc(CN)ccc2n1C. The van der Waals surface area contributed by atoms with E-state index in [9.17, 15) is 4.39 Å². The molecule has 0 saturated carbocycles. The number of hydrogen-bond acceptors (Lipinski definition) is 3. The maximum absolute atomic E-state index is 14.2. The first-order valence-electron chi connectivity index (χ1n) is 6.64. The Bertz CT molecular complexity index is 811. The van der Waals surface area contributed by atoms with Crippen molar-refractivity contribution in [3.05, 3.63) is 47.8 Å². The average Bonchev–Trinajstić information content (AvgIpc) is 2.83. The quantitative estimate of drug-likeness (QED) is 0.805.